The van der Waals surface area contributed by atoms with Gasteiger partial charge >= 0.3 is 0 Å². The van der Waals surface area contributed by atoms with Crippen molar-refractivity contribution in [2.75, 3.05) is 13.7 Å². The first-order chi connectivity index (χ1) is 9.34. The zero-order chi connectivity index (χ0) is 14.9. The number of aryl methyl sites for hydroxylation is 2. The molecule has 2 aromatic heterocycles. The van der Waals surface area contributed by atoms with Crippen molar-refractivity contribution in [1.29, 1.82) is 0 Å². The van der Waals surface area contributed by atoms with Crippen molar-refractivity contribution in [3.8, 4) is 11.5 Å². The summed E-state index contributed by atoms with van der Waals surface area (Å²) < 4.78 is 31.1. The second kappa shape index (κ2) is 5.31. The summed E-state index contributed by atoms with van der Waals surface area (Å²) in [4.78, 5) is 0. The highest BCUT2D eigenvalue weighted by Gasteiger charge is 2.23. The first-order valence-electron chi connectivity index (χ1n) is 5.80. The second-order valence-corrected chi connectivity index (χ2v) is 5.75. The third-order valence-electron chi connectivity index (χ3n) is 2.72. The highest BCUT2D eigenvalue weighted by Crippen LogP contribution is 2.20. The van der Waals surface area contributed by atoms with Crippen molar-refractivity contribution >= 4 is 10.0 Å². The van der Waals surface area contributed by atoms with Crippen LogP contribution < -0.4 is 5.14 Å². The number of nitrogens with zero attached hydrogens (tertiary/aromatic N) is 5. The molecule has 0 saturated carbocycles. The SMILES string of the molecule is COCCn1c(-c2cc(C)nn2C)nnc1S(N)(=O)=O. The molecule has 0 aromatic carbocycles. The highest BCUT2D eigenvalue weighted by atomic mass is 32.2. The Morgan fingerprint density at radius 2 is 2.10 bits per heavy atom. The molecule has 110 valence electrons. The molecule has 0 atom stereocenters. The Kier molecular flexibility index (Phi) is 3.88. The van der Waals surface area contributed by atoms with E-state index in [4.69, 9.17) is 9.88 Å². The average molecular weight is 300 g/mol. The van der Waals surface area contributed by atoms with E-state index in [0.29, 0.717) is 18.1 Å². The van der Waals surface area contributed by atoms with Crippen LogP contribution in [0.4, 0.5) is 0 Å². The molecule has 0 amide bonds. The normalized spacial score (nSPS) is 12.0. The van der Waals surface area contributed by atoms with E-state index in [1.165, 1.54) is 11.7 Å². The van der Waals surface area contributed by atoms with E-state index in [-0.39, 0.29) is 11.7 Å². The minimum absolute atomic E-state index is 0.273. The molecule has 2 aromatic rings. The van der Waals surface area contributed by atoms with Gasteiger partial charge in [-0.2, -0.15) is 5.10 Å². The van der Waals surface area contributed by atoms with E-state index in [9.17, 15) is 8.42 Å². The Bertz CT molecular complexity index is 717. The largest absolute Gasteiger partial charge is 0.383 e. The standard InChI is InChI=1S/C10H16N6O3S/c1-7-6-8(15(2)14-7)9-12-13-10(20(11,17)18)16(9)4-5-19-3/h6H,4-5H2,1-3H3,(H2,11,17,18). The van der Waals surface area contributed by atoms with Gasteiger partial charge in [-0.3, -0.25) is 9.25 Å². The summed E-state index contributed by atoms with van der Waals surface area (Å²) in [5.41, 5.74) is 1.45. The van der Waals surface area contributed by atoms with E-state index in [1.54, 1.807) is 17.8 Å². The third kappa shape index (κ3) is 2.71. The maximum absolute atomic E-state index is 11.5. The van der Waals surface area contributed by atoms with Crippen LogP contribution in [0.5, 0.6) is 0 Å². The summed E-state index contributed by atoms with van der Waals surface area (Å²) in [6, 6.07) is 1.79. The van der Waals surface area contributed by atoms with Gasteiger partial charge in [0.1, 0.15) is 5.69 Å². The van der Waals surface area contributed by atoms with Crippen LogP contribution in [0.3, 0.4) is 0 Å². The molecule has 0 unspecified atom stereocenters. The van der Waals surface area contributed by atoms with Crippen LogP contribution in [-0.2, 0) is 28.4 Å². The number of hydrogen-bond donors (Lipinski definition) is 1. The van der Waals surface area contributed by atoms with Gasteiger partial charge in [0.25, 0.3) is 15.2 Å². The Balaban J connectivity index is 2.59. The maximum atomic E-state index is 11.5. The van der Waals surface area contributed by atoms with Crippen LogP contribution in [0.1, 0.15) is 5.69 Å². The number of hydrogen-bond acceptors (Lipinski definition) is 6. The van der Waals surface area contributed by atoms with Gasteiger partial charge in [-0.1, -0.05) is 0 Å². The number of sulfonamides is 1. The zero-order valence-electron chi connectivity index (χ0n) is 11.4. The Morgan fingerprint density at radius 3 is 2.60 bits per heavy atom. The number of aromatic nitrogens is 5. The molecule has 0 aliphatic heterocycles. The predicted molar refractivity (Wildman–Crippen MR) is 70.2 cm³/mol. The van der Waals surface area contributed by atoms with Crippen molar-refractivity contribution in [3.63, 3.8) is 0 Å². The summed E-state index contributed by atoms with van der Waals surface area (Å²) in [6.45, 7) is 2.42. The summed E-state index contributed by atoms with van der Waals surface area (Å²) in [7, 11) is -0.686. The van der Waals surface area contributed by atoms with Gasteiger partial charge in [0, 0.05) is 14.2 Å². The molecule has 0 spiro atoms. The molecule has 0 saturated heterocycles. The van der Waals surface area contributed by atoms with Gasteiger partial charge in [-0.05, 0) is 13.0 Å². The lowest BCUT2D eigenvalue weighted by Crippen LogP contribution is -2.20. The fourth-order valence-electron chi connectivity index (χ4n) is 1.89. The molecule has 10 heteroatoms. The van der Waals surface area contributed by atoms with Crippen LogP contribution in [0.25, 0.3) is 11.5 Å². The van der Waals surface area contributed by atoms with Crippen molar-refractivity contribution in [2.45, 2.75) is 18.6 Å². The van der Waals surface area contributed by atoms with Crippen molar-refractivity contribution in [1.82, 2.24) is 24.5 Å². The van der Waals surface area contributed by atoms with E-state index in [1.807, 2.05) is 6.92 Å². The van der Waals surface area contributed by atoms with Crippen molar-refractivity contribution < 1.29 is 13.2 Å². The molecular formula is C10H16N6O3S. The average Bonchev–Trinajstić information content (AvgIpc) is 2.88. The molecule has 0 bridgehead atoms. The smallest absolute Gasteiger partial charge is 0.273 e. The summed E-state index contributed by atoms with van der Waals surface area (Å²) in [6.07, 6.45) is 0. The minimum Gasteiger partial charge on any atom is -0.383 e. The predicted octanol–water partition coefficient (Wildman–Crippen LogP) is -0.719. The maximum Gasteiger partial charge on any atom is 0.273 e. The Morgan fingerprint density at radius 1 is 1.40 bits per heavy atom. The molecule has 9 nitrogen and oxygen atoms in total. The molecule has 2 N–H and O–H groups in total. The fourth-order valence-corrected chi connectivity index (χ4v) is 2.53. The number of ether oxygens (including phenoxy) is 1. The monoisotopic (exact) mass is 300 g/mol. The topological polar surface area (TPSA) is 118 Å². The summed E-state index contributed by atoms with van der Waals surface area (Å²) >= 11 is 0. The van der Waals surface area contributed by atoms with Gasteiger partial charge < -0.3 is 4.74 Å². The number of primary sulfonamides is 1. The van der Waals surface area contributed by atoms with Gasteiger partial charge in [0.2, 0.25) is 0 Å². The fraction of sp³-hybridized carbons (Fsp3) is 0.500. The molecule has 0 fully saturated rings. The van der Waals surface area contributed by atoms with Gasteiger partial charge in [0.15, 0.2) is 5.82 Å². The van der Waals surface area contributed by atoms with E-state index in [0.717, 1.165) is 5.69 Å². The van der Waals surface area contributed by atoms with Gasteiger partial charge in [0.05, 0.1) is 18.8 Å². The molecule has 2 rings (SSSR count). The highest BCUT2D eigenvalue weighted by molar-refractivity contribution is 7.89. The Hall–Kier alpha value is -1.78. The number of nitrogens with two attached hydrogens (primary N) is 1. The molecular weight excluding hydrogens is 284 g/mol. The van der Waals surface area contributed by atoms with Gasteiger partial charge in [-0.25, -0.2) is 13.6 Å². The van der Waals surface area contributed by atoms with Gasteiger partial charge in [-0.15, -0.1) is 10.2 Å². The van der Waals surface area contributed by atoms with Crippen molar-refractivity contribution in [2.24, 2.45) is 12.2 Å². The van der Waals surface area contributed by atoms with Crippen LogP contribution in [0, 0.1) is 6.92 Å². The van der Waals surface area contributed by atoms with Crippen molar-refractivity contribution in [3.05, 3.63) is 11.8 Å². The van der Waals surface area contributed by atoms with E-state index < -0.39 is 10.0 Å². The first-order valence-corrected chi connectivity index (χ1v) is 7.35. The Labute approximate surface area is 116 Å². The second-order valence-electron chi connectivity index (χ2n) is 4.29. The lowest BCUT2D eigenvalue weighted by Gasteiger charge is -2.08. The quantitative estimate of drug-likeness (QED) is 0.778. The summed E-state index contributed by atoms with van der Waals surface area (Å²) in [5.74, 6) is 0.383. The van der Waals surface area contributed by atoms with Crippen LogP contribution >= 0.6 is 0 Å². The number of rotatable bonds is 5. The van der Waals surface area contributed by atoms with E-state index in [2.05, 4.69) is 15.3 Å². The zero-order valence-corrected chi connectivity index (χ0v) is 12.3. The lowest BCUT2D eigenvalue weighted by molar-refractivity contribution is 0.185. The molecule has 2 heterocycles. The molecule has 0 aliphatic carbocycles. The molecule has 0 radical (unpaired) electrons. The first kappa shape index (κ1) is 14.6. The third-order valence-corrected chi connectivity index (χ3v) is 3.53. The minimum atomic E-state index is -3.95. The number of methoxy groups -OCH3 is 1. The lowest BCUT2D eigenvalue weighted by atomic mass is 10.3. The van der Waals surface area contributed by atoms with Crippen LogP contribution in [0.2, 0.25) is 0 Å². The van der Waals surface area contributed by atoms with Crippen LogP contribution in [-0.4, -0.2) is 46.7 Å². The summed E-state index contributed by atoms with van der Waals surface area (Å²) in [5, 5.41) is 16.7. The molecule has 0 aliphatic rings. The van der Waals surface area contributed by atoms with Crippen LogP contribution in [0.15, 0.2) is 11.2 Å². The molecule has 20 heavy (non-hydrogen) atoms. The van der Waals surface area contributed by atoms with E-state index >= 15 is 0 Å².